The van der Waals surface area contributed by atoms with E-state index in [0.29, 0.717) is 16.8 Å². The van der Waals surface area contributed by atoms with E-state index >= 15 is 4.79 Å². The molecule has 0 unspecified atom stereocenters. The van der Waals surface area contributed by atoms with Crippen LogP contribution in [0.15, 0.2) is 83.8 Å². The number of benzene rings is 3. The molecule has 1 N–H and O–H groups in total. The van der Waals surface area contributed by atoms with Crippen LogP contribution in [0.25, 0.3) is 0 Å². The lowest BCUT2D eigenvalue weighted by Gasteiger charge is -2.55. The first-order valence-corrected chi connectivity index (χ1v) is 19.5. The molecular formula is C34H41N3O6SSi. The van der Waals surface area contributed by atoms with Gasteiger partial charge in [0.2, 0.25) is 11.4 Å². The summed E-state index contributed by atoms with van der Waals surface area (Å²) in [7, 11) is -5.54. The number of piperazine rings is 1. The molecular weight excluding hydrogens is 607 g/mol. The Kier molecular flexibility index (Phi) is 6.81. The maximum absolute atomic E-state index is 15.1. The van der Waals surface area contributed by atoms with Gasteiger partial charge in [-0.25, -0.2) is 12.7 Å². The zero-order valence-corrected chi connectivity index (χ0v) is 28.8. The molecule has 2 amide bonds. The van der Waals surface area contributed by atoms with Gasteiger partial charge in [0, 0.05) is 13.5 Å². The number of hydrogen-bond donors (Lipinski definition) is 1. The van der Waals surface area contributed by atoms with Crippen LogP contribution in [0.4, 0.5) is 5.69 Å². The lowest BCUT2D eigenvalue weighted by atomic mass is 9.71. The van der Waals surface area contributed by atoms with Crippen LogP contribution in [-0.2, 0) is 29.5 Å². The van der Waals surface area contributed by atoms with Gasteiger partial charge in [-0.15, -0.1) is 0 Å². The van der Waals surface area contributed by atoms with Gasteiger partial charge in [-0.05, 0) is 61.3 Å². The Labute approximate surface area is 266 Å². The molecule has 0 aromatic heterocycles. The van der Waals surface area contributed by atoms with Gasteiger partial charge in [-0.1, -0.05) is 87.0 Å². The van der Waals surface area contributed by atoms with Crippen molar-refractivity contribution in [2.24, 2.45) is 0 Å². The van der Waals surface area contributed by atoms with Gasteiger partial charge < -0.3 is 14.4 Å². The van der Waals surface area contributed by atoms with E-state index in [1.54, 1.807) is 37.3 Å². The fourth-order valence-corrected chi connectivity index (χ4v) is 10.2. The monoisotopic (exact) mass is 647 g/mol. The average molecular weight is 648 g/mol. The Morgan fingerprint density at radius 2 is 1.49 bits per heavy atom. The van der Waals surface area contributed by atoms with E-state index in [9.17, 15) is 18.3 Å². The molecule has 9 nitrogen and oxygen atoms in total. The molecule has 2 saturated heterocycles. The average Bonchev–Trinajstić information content (AvgIpc) is 3.42. The largest absolute Gasteiger partial charge is 0.388 e. The topological polar surface area (TPSA) is 107 Å². The van der Waals surface area contributed by atoms with Crippen molar-refractivity contribution in [1.29, 1.82) is 0 Å². The molecule has 3 aromatic carbocycles. The van der Waals surface area contributed by atoms with E-state index in [1.807, 2.05) is 77.2 Å². The number of nitrogens with zero attached hydrogens (tertiary/aromatic N) is 3. The highest BCUT2D eigenvalue weighted by Gasteiger charge is 2.76. The molecule has 11 heteroatoms. The molecule has 0 bridgehead atoms. The zero-order chi connectivity index (χ0) is 33.0. The molecule has 0 saturated carbocycles. The minimum Gasteiger partial charge on any atom is -0.388 e. The first-order valence-electron chi connectivity index (χ1n) is 15.1. The number of sulfonamides is 1. The summed E-state index contributed by atoms with van der Waals surface area (Å²) in [5.41, 5.74) is -2.76. The normalized spacial score (nSPS) is 28.3. The minimum absolute atomic E-state index is 0.0307. The molecule has 4 atom stereocenters. The zero-order valence-electron chi connectivity index (χ0n) is 27.0. The molecule has 3 heterocycles. The van der Waals surface area contributed by atoms with Gasteiger partial charge in [0.1, 0.15) is 6.17 Å². The molecule has 0 radical (unpaired) electrons. The van der Waals surface area contributed by atoms with Crippen LogP contribution in [0.1, 0.15) is 50.8 Å². The molecule has 0 aliphatic carbocycles. The SMILES string of the molecule is Cc1ccc([C@]23C[C@@]4(O)C(=O)N(C)[C@](C)(O[Si](C)(C)C(C)(C)C)C(=O)N4[C@H]2N(S(=O)(=O)c2ccccc2)c2ccccc23)cc1. The summed E-state index contributed by atoms with van der Waals surface area (Å²) in [6, 6.07) is 22.8. The predicted molar refractivity (Wildman–Crippen MR) is 174 cm³/mol. The van der Waals surface area contributed by atoms with Crippen molar-refractivity contribution in [3.8, 4) is 0 Å². The van der Waals surface area contributed by atoms with E-state index < -0.39 is 53.2 Å². The maximum atomic E-state index is 15.1. The Morgan fingerprint density at radius 3 is 2.09 bits per heavy atom. The van der Waals surface area contributed by atoms with Crippen molar-refractivity contribution < 1.29 is 27.5 Å². The van der Waals surface area contributed by atoms with Crippen LogP contribution < -0.4 is 4.31 Å². The second kappa shape index (κ2) is 9.74. The number of likely N-dealkylation sites (N-methyl/N-ethyl adjacent to an activating group) is 1. The number of amides is 2. The van der Waals surface area contributed by atoms with Crippen LogP contribution in [0.3, 0.4) is 0 Å². The van der Waals surface area contributed by atoms with Gasteiger partial charge in [0.25, 0.3) is 21.8 Å². The maximum Gasteiger partial charge on any atom is 0.279 e. The van der Waals surface area contributed by atoms with Crippen molar-refractivity contribution in [2.75, 3.05) is 11.4 Å². The number of aliphatic hydroxyl groups is 1. The number of hydrogen-bond acceptors (Lipinski definition) is 6. The fraction of sp³-hybridized carbons (Fsp3) is 0.412. The number of carbonyl (C=O) groups excluding carboxylic acids is 2. The molecule has 3 aromatic rings. The number of aryl methyl sites for hydroxylation is 1. The summed E-state index contributed by atoms with van der Waals surface area (Å²) in [5, 5.41) is 12.2. The van der Waals surface area contributed by atoms with Gasteiger partial charge in [0.15, 0.2) is 8.32 Å². The van der Waals surface area contributed by atoms with Gasteiger partial charge in [-0.3, -0.25) is 14.5 Å². The third kappa shape index (κ3) is 4.13. The highest BCUT2D eigenvalue weighted by Crippen LogP contribution is 2.63. The summed E-state index contributed by atoms with van der Waals surface area (Å²) < 4.78 is 37.4. The van der Waals surface area contributed by atoms with E-state index in [0.717, 1.165) is 10.5 Å². The van der Waals surface area contributed by atoms with E-state index in [2.05, 4.69) is 0 Å². The number of rotatable bonds is 5. The highest BCUT2D eigenvalue weighted by molar-refractivity contribution is 7.92. The molecule has 45 heavy (non-hydrogen) atoms. The second-order valence-electron chi connectivity index (χ2n) is 14.2. The van der Waals surface area contributed by atoms with Crippen LogP contribution in [0, 0.1) is 6.92 Å². The quantitative estimate of drug-likeness (QED) is 0.393. The highest BCUT2D eigenvalue weighted by atomic mass is 32.2. The lowest BCUT2D eigenvalue weighted by Crippen LogP contribution is -2.77. The summed E-state index contributed by atoms with van der Waals surface area (Å²) in [6.45, 7) is 13.6. The molecule has 2 fully saturated rings. The Morgan fingerprint density at radius 1 is 0.911 bits per heavy atom. The van der Waals surface area contributed by atoms with Crippen LogP contribution >= 0.6 is 0 Å². The summed E-state index contributed by atoms with van der Waals surface area (Å²) >= 11 is 0. The van der Waals surface area contributed by atoms with Crippen LogP contribution in [0.2, 0.25) is 18.1 Å². The third-order valence-electron chi connectivity index (χ3n) is 10.5. The first kappa shape index (κ1) is 31.5. The molecule has 0 spiro atoms. The van der Waals surface area contributed by atoms with E-state index in [4.69, 9.17) is 4.43 Å². The molecule has 3 aliphatic rings. The molecule has 6 rings (SSSR count). The van der Waals surface area contributed by atoms with E-state index in [1.165, 1.54) is 28.4 Å². The number of para-hydroxylation sites is 1. The van der Waals surface area contributed by atoms with Crippen molar-refractivity contribution in [3.05, 3.63) is 95.6 Å². The van der Waals surface area contributed by atoms with E-state index in [-0.39, 0.29) is 16.4 Å². The summed E-state index contributed by atoms with van der Waals surface area (Å²) in [6.07, 6.45) is -1.54. The van der Waals surface area contributed by atoms with Gasteiger partial charge >= 0.3 is 0 Å². The minimum atomic E-state index is -4.32. The van der Waals surface area contributed by atoms with Crippen molar-refractivity contribution in [1.82, 2.24) is 9.80 Å². The fourth-order valence-electron chi connectivity index (χ4n) is 6.98. The van der Waals surface area contributed by atoms with Gasteiger partial charge in [0.05, 0.1) is 16.0 Å². The Hall–Kier alpha value is -3.51. The summed E-state index contributed by atoms with van der Waals surface area (Å²) in [5.74, 6) is -1.39. The Bertz CT molecular complexity index is 1810. The first-order chi connectivity index (χ1) is 20.8. The van der Waals surface area contributed by atoms with Crippen molar-refractivity contribution in [2.45, 2.75) is 87.1 Å². The molecule has 238 valence electrons. The van der Waals surface area contributed by atoms with Gasteiger partial charge in [-0.2, -0.15) is 0 Å². The number of fused-ring (bicyclic) bond motifs is 5. The van der Waals surface area contributed by atoms with Crippen LogP contribution in [-0.4, -0.2) is 68.1 Å². The lowest BCUT2D eigenvalue weighted by molar-refractivity contribution is -0.221. The number of anilines is 1. The van der Waals surface area contributed by atoms with Crippen molar-refractivity contribution in [3.63, 3.8) is 0 Å². The number of carbonyl (C=O) groups is 2. The standard InChI is InChI=1S/C34H41N3O6SSi/c1-23-18-20-24(21-19-23)33-22-34(40)30(39)35(6)32(5,43-45(7,8)31(2,3)4)29(38)36(34)28(33)37(27-17-13-12-16-26(27)33)44(41,42)25-14-10-9-11-15-25/h9-21,28,40H,22H2,1-8H3/t28-,32+,33-,34+/m0/s1. The van der Waals surface area contributed by atoms with Crippen LogP contribution in [0.5, 0.6) is 0 Å². The molecule has 3 aliphatic heterocycles. The van der Waals surface area contributed by atoms with Crippen molar-refractivity contribution >= 4 is 35.8 Å². The Balaban J connectivity index is 1.66. The summed E-state index contributed by atoms with van der Waals surface area (Å²) in [4.78, 5) is 31.9. The smallest absolute Gasteiger partial charge is 0.279 e. The third-order valence-corrected chi connectivity index (χ3v) is 16.8. The predicted octanol–water partition coefficient (Wildman–Crippen LogP) is 4.95. The second-order valence-corrected chi connectivity index (χ2v) is 20.8.